The van der Waals surface area contributed by atoms with Gasteiger partial charge in [0.2, 0.25) is 0 Å². The quantitative estimate of drug-likeness (QED) is 0.303. The highest BCUT2D eigenvalue weighted by molar-refractivity contribution is 9.10. The maximum Gasteiger partial charge on any atom is 0.335 e. The predicted octanol–water partition coefficient (Wildman–Crippen LogP) is 0.194. The van der Waals surface area contributed by atoms with Crippen molar-refractivity contribution >= 4 is 33.6 Å². The van der Waals surface area contributed by atoms with Crippen LogP contribution in [0.3, 0.4) is 0 Å². The number of halogens is 1. The van der Waals surface area contributed by atoms with Crippen molar-refractivity contribution in [3.8, 4) is 0 Å². The second-order valence-corrected chi connectivity index (χ2v) is 11.4. The van der Waals surface area contributed by atoms with Crippen molar-refractivity contribution in [2.75, 3.05) is 11.9 Å². The summed E-state index contributed by atoms with van der Waals surface area (Å²) in [5, 5.41) is 55.3. The van der Waals surface area contributed by atoms with Gasteiger partial charge in [-0.2, -0.15) is 0 Å². The van der Waals surface area contributed by atoms with Gasteiger partial charge in [0.1, 0.15) is 6.23 Å². The minimum Gasteiger partial charge on any atom is -0.479 e. The van der Waals surface area contributed by atoms with Crippen LogP contribution < -0.4 is 4.90 Å². The summed E-state index contributed by atoms with van der Waals surface area (Å²) < 4.78 is 1.10. The van der Waals surface area contributed by atoms with Crippen molar-refractivity contribution in [1.29, 1.82) is 0 Å². The predicted molar refractivity (Wildman–Crippen MR) is 127 cm³/mol. The van der Waals surface area contributed by atoms with E-state index in [4.69, 9.17) is 20.4 Å². The third kappa shape index (κ3) is 3.18. The zero-order valence-corrected chi connectivity index (χ0v) is 21.0. The molecular formula is C24H31BrN2O8. The van der Waals surface area contributed by atoms with Crippen LogP contribution in [-0.4, -0.2) is 97.2 Å². The van der Waals surface area contributed by atoms with E-state index in [1.54, 1.807) is 0 Å². The first-order valence-electron chi connectivity index (χ1n) is 12.0. The Kier molecular flexibility index (Phi) is 5.97. The van der Waals surface area contributed by atoms with E-state index in [9.17, 15) is 19.8 Å². The number of carboxylic acids is 2. The number of fused-ring (bicyclic) bond motifs is 2. The number of aliphatic carboxylic acids is 2. The molecule has 11 heteroatoms. The number of rotatable bonds is 4. The molecule has 1 aliphatic carbocycles. The number of carboxylic acid groups (broad SMARTS) is 2. The molecule has 1 aromatic rings. The van der Waals surface area contributed by atoms with Gasteiger partial charge in [-0.15, -0.1) is 0 Å². The Morgan fingerprint density at radius 1 is 1.14 bits per heavy atom. The standard InChI is InChI=1S/C20H25BrN2O2.C4H6O6/c1-3-10-11-7-14-17-20(12-6-9(21)4-5-13(12)22(17)2)8-15(16(11)18(20)24)23(14)19(10)25;5-1(3(7)8)2(6)4(9)10/h4-6,10-11,14-19,24-25H,3,7-8H2,1-2H3;1-2,5-6H,(H,7,8)(H,9,10)/t10-,11?,14-,15-,16?,17-,18-,19+,20?;1-,2-/m01/s1. The van der Waals surface area contributed by atoms with Gasteiger partial charge < -0.3 is 35.5 Å². The smallest absolute Gasteiger partial charge is 0.335 e. The second kappa shape index (κ2) is 8.39. The molecule has 5 aliphatic heterocycles. The molecule has 10 nitrogen and oxygen atoms in total. The number of anilines is 1. The molecule has 192 valence electrons. The molecule has 5 bridgehead atoms. The summed E-state index contributed by atoms with van der Waals surface area (Å²) >= 11 is 3.65. The van der Waals surface area contributed by atoms with Gasteiger partial charge in [0, 0.05) is 46.5 Å². The molecule has 4 unspecified atom stereocenters. The molecule has 4 saturated heterocycles. The lowest BCUT2D eigenvalue weighted by Crippen LogP contribution is -2.72. The van der Waals surface area contributed by atoms with Crippen LogP contribution in [0.5, 0.6) is 0 Å². The van der Waals surface area contributed by atoms with Gasteiger partial charge in [-0.3, -0.25) is 4.90 Å². The van der Waals surface area contributed by atoms with Gasteiger partial charge in [0.15, 0.2) is 12.2 Å². The highest BCUT2D eigenvalue weighted by Crippen LogP contribution is 2.69. The highest BCUT2D eigenvalue weighted by Gasteiger charge is 2.76. The number of benzene rings is 1. The van der Waals surface area contributed by atoms with Crippen LogP contribution in [0.4, 0.5) is 5.69 Å². The normalized spacial score (nSPS) is 43.2. The Balaban J connectivity index is 0.000000218. The molecule has 0 aromatic heterocycles. The van der Waals surface area contributed by atoms with Crippen molar-refractivity contribution in [2.24, 2.45) is 17.8 Å². The first-order chi connectivity index (χ1) is 16.5. The van der Waals surface area contributed by atoms with Crippen molar-refractivity contribution in [3.63, 3.8) is 0 Å². The minimum absolute atomic E-state index is 0.165. The van der Waals surface area contributed by atoms with E-state index in [1.807, 2.05) is 0 Å². The van der Waals surface area contributed by atoms with Crippen LogP contribution in [0.15, 0.2) is 22.7 Å². The van der Waals surface area contributed by atoms with Crippen LogP contribution in [0, 0.1) is 17.8 Å². The van der Waals surface area contributed by atoms with E-state index in [1.165, 1.54) is 11.3 Å². The lowest BCUT2D eigenvalue weighted by atomic mass is 9.62. The fourth-order valence-electron chi connectivity index (χ4n) is 8.16. The number of hydrogen-bond donors (Lipinski definition) is 6. The first-order valence-corrected chi connectivity index (χ1v) is 12.7. The van der Waals surface area contributed by atoms with E-state index < -0.39 is 24.1 Å². The average molecular weight is 555 g/mol. The van der Waals surface area contributed by atoms with E-state index in [0.717, 1.165) is 23.7 Å². The third-order valence-corrected chi connectivity index (χ3v) is 9.82. The summed E-state index contributed by atoms with van der Waals surface area (Å²) in [5.74, 6) is -2.45. The van der Waals surface area contributed by atoms with E-state index >= 15 is 0 Å². The first kappa shape index (κ1) is 24.9. The molecule has 1 saturated carbocycles. The zero-order chi connectivity index (χ0) is 25.6. The molecular weight excluding hydrogens is 524 g/mol. The third-order valence-electron chi connectivity index (χ3n) is 9.32. The Labute approximate surface area is 210 Å². The monoisotopic (exact) mass is 554 g/mol. The molecule has 7 rings (SSSR count). The summed E-state index contributed by atoms with van der Waals surface area (Å²) in [7, 11) is 2.18. The highest BCUT2D eigenvalue weighted by atomic mass is 79.9. The SMILES string of the molecule is CC[C@H]1C2C[C@H]3[C@@H]4N(C)c5ccc(Br)cc5C45C[C@@H](C2[C@@H]5O)N3[C@@H]1O.O=C(O)[C@H](O)[C@@H](O)C(=O)O. The van der Waals surface area contributed by atoms with Crippen LogP contribution in [0.25, 0.3) is 0 Å². The van der Waals surface area contributed by atoms with Gasteiger partial charge >= 0.3 is 11.9 Å². The van der Waals surface area contributed by atoms with Gasteiger partial charge in [-0.1, -0.05) is 22.9 Å². The molecule has 5 fully saturated rings. The molecule has 6 aliphatic rings. The Hall–Kier alpha value is -1.76. The molecule has 1 spiro atoms. The van der Waals surface area contributed by atoms with Crippen LogP contribution in [-0.2, 0) is 15.0 Å². The average Bonchev–Trinajstić information content (AvgIpc) is 3.19. The molecule has 5 heterocycles. The van der Waals surface area contributed by atoms with E-state index in [2.05, 4.69) is 57.9 Å². The number of carbonyl (C=O) groups is 2. The van der Waals surface area contributed by atoms with Crippen LogP contribution in [0.1, 0.15) is 31.7 Å². The minimum atomic E-state index is -2.27. The number of aliphatic hydroxyl groups is 4. The summed E-state index contributed by atoms with van der Waals surface area (Å²) in [6.07, 6.45) is -2.06. The lowest BCUT2D eigenvalue weighted by molar-refractivity contribution is -0.211. The Bertz CT molecular complexity index is 1040. The summed E-state index contributed by atoms with van der Waals surface area (Å²) in [6, 6.07) is 7.50. The molecule has 12 atom stereocenters. The van der Waals surface area contributed by atoms with Gasteiger partial charge in [-0.05, 0) is 48.9 Å². The van der Waals surface area contributed by atoms with Crippen LogP contribution in [0.2, 0.25) is 0 Å². The number of nitrogens with zero attached hydrogens (tertiary/aromatic N) is 2. The van der Waals surface area contributed by atoms with Crippen molar-refractivity contribution in [1.82, 2.24) is 4.90 Å². The maximum absolute atomic E-state index is 11.7. The van der Waals surface area contributed by atoms with Crippen molar-refractivity contribution < 1.29 is 40.2 Å². The van der Waals surface area contributed by atoms with Gasteiger partial charge in [-0.25, -0.2) is 9.59 Å². The summed E-state index contributed by atoms with van der Waals surface area (Å²) in [5.41, 5.74) is 2.42. The fourth-order valence-corrected chi connectivity index (χ4v) is 8.53. The topological polar surface area (TPSA) is 162 Å². The van der Waals surface area contributed by atoms with Gasteiger partial charge in [0.25, 0.3) is 0 Å². The number of piperidine rings is 4. The maximum atomic E-state index is 11.7. The van der Waals surface area contributed by atoms with Crippen LogP contribution >= 0.6 is 15.9 Å². The van der Waals surface area contributed by atoms with Crippen molar-refractivity contribution in [3.05, 3.63) is 28.2 Å². The van der Waals surface area contributed by atoms with E-state index in [0.29, 0.717) is 29.8 Å². The number of likely N-dealkylation sites (N-methyl/N-ethyl adjacent to an activating group) is 1. The van der Waals surface area contributed by atoms with Gasteiger partial charge in [0.05, 0.1) is 12.1 Å². The Morgan fingerprint density at radius 3 is 2.34 bits per heavy atom. The van der Waals surface area contributed by atoms with Crippen molar-refractivity contribution in [2.45, 2.75) is 74.3 Å². The number of aliphatic hydroxyl groups excluding tert-OH is 4. The lowest BCUT2D eigenvalue weighted by Gasteiger charge is -2.62. The fraction of sp³-hybridized carbons (Fsp3) is 0.667. The zero-order valence-electron chi connectivity index (χ0n) is 19.4. The molecule has 0 amide bonds. The second-order valence-electron chi connectivity index (χ2n) is 10.5. The Morgan fingerprint density at radius 2 is 1.77 bits per heavy atom. The number of hydrogen-bond acceptors (Lipinski definition) is 8. The molecule has 0 radical (unpaired) electrons. The largest absolute Gasteiger partial charge is 0.479 e. The summed E-state index contributed by atoms with van der Waals surface area (Å²) in [4.78, 5) is 24.4. The molecule has 35 heavy (non-hydrogen) atoms. The molecule has 1 aromatic carbocycles. The van der Waals surface area contributed by atoms with E-state index in [-0.39, 0.29) is 23.8 Å². The summed E-state index contributed by atoms with van der Waals surface area (Å²) in [6.45, 7) is 2.19. The molecule has 6 N–H and O–H groups in total.